The van der Waals surface area contributed by atoms with E-state index < -0.39 is 36.3 Å². The minimum atomic E-state index is -1.56. The van der Waals surface area contributed by atoms with E-state index in [1.807, 2.05) is 0 Å². The summed E-state index contributed by atoms with van der Waals surface area (Å²) < 4.78 is 12.1. The van der Waals surface area contributed by atoms with Gasteiger partial charge in [0, 0.05) is 12.3 Å². The molecule has 0 saturated carbocycles. The summed E-state index contributed by atoms with van der Waals surface area (Å²) >= 11 is 0. The number of aromatic nitrogens is 2. The molecule has 3 rings (SSSR count). The maximum atomic E-state index is 11.0. The number of fused-ring (bicyclic) bond motifs is 3. The molecule has 92 valence electrons. The summed E-state index contributed by atoms with van der Waals surface area (Å²) in [7, 11) is 0. The minimum absolute atomic E-state index is 0.0755. The second-order valence-corrected chi connectivity index (χ2v) is 4.10. The van der Waals surface area contributed by atoms with Gasteiger partial charge in [-0.1, -0.05) is 0 Å². The zero-order chi connectivity index (χ0) is 12.2. The average molecular weight is 241 g/mol. The second kappa shape index (κ2) is 3.26. The van der Waals surface area contributed by atoms with Gasteiger partial charge in [-0.25, -0.2) is 0 Å². The number of nitrogens with two attached hydrogens (primary N) is 1. The predicted octanol–water partition coefficient (Wildman–Crippen LogP) is -2.46. The molecule has 2 aliphatic heterocycles. The maximum absolute atomic E-state index is 11.0. The number of nitrogens with zero attached hydrogens (tertiary/aromatic N) is 2. The van der Waals surface area contributed by atoms with Crippen LogP contribution in [0, 0.1) is 0 Å². The number of rotatable bonds is 1. The Morgan fingerprint density at radius 3 is 3.12 bits per heavy atom. The largest absolute Gasteiger partial charge is 0.453 e. The molecule has 1 aromatic rings. The second-order valence-electron chi connectivity index (χ2n) is 4.10. The Kier molecular flexibility index (Phi) is 2.05. The number of aliphatic hydroxyl groups excluding tert-OH is 2. The summed E-state index contributed by atoms with van der Waals surface area (Å²) in [5.41, 5.74) is 3.68. The molecule has 3 heterocycles. The lowest BCUT2D eigenvalue weighted by molar-refractivity contribution is -0.124. The van der Waals surface area contributed by atoms with E-state index in [1.54, 1.807) is 0 Å². The first-order chi connectivity index (χ1) is 8.05. The summed E-state index contributed by atoms with van der Waals surface area (Å²) in [6.07, 6.45) is -1.22. The molecule has 1 fully saturated rings. The van der Waals surface area contributed by atoms with Gasteiger partial charge in [-0.3, -0.25) is 15.1 Å². The van der Waals surface area contributed by atoms with Crippen LogP contribution in [0.2, 0.25) is 0 Å². The van der Waals surface area contributed by atoms with E-state index in [0.29, 0.717) is 0 Å². The van der Waals surface area contributed by atoms with Crippen LogP contribution in [-0.4, -0.2) is 44.3 Å². The Labute approximate surface area is 95.2 Å². The van der Waals surface area contributed by atoms with Gasteiger partial charge in [0.2, 0.25) is 0 Å². The standard InChI is InChI=1S/C9H11N3O5/c10-9(3-13)6(15)5-7(17-9)12-2-1-4(14)11-8(12)16-5/h1-2,5-7,13,15H,3,10H2/t5?,6-,7+,9+/m0/s1. The molecule has 1 unspecified atom stereocenters. The van der Waals surface area contributed by atoms with Gasteiger partial charge in [-0.05, 0) is 0 Å². The number of hydrogen-bond acceptors (Lipinski definition) is 7. The topological polar surface area (TPSA) is 120 Å². The fourth-order valence-electron chi connectivity index (χ4n) is 2.06. The van der Waals surface area contributed by atoms with Gasteiger partial charge in [-0.15, -0.1) is 0 Å². The fourth-order valence-corrected chi connectivity index (χ4v) is 2.06. The van der Waals surface area contributed by atoms with E-state index in [4.69, 9.17) is 20.3 Å². The Morgan fingerprint density at radius 1 is 1.65 bits per heavy atom. The molecule has 4 N–H and O–H groups in total. The highest BCUT2D eigenvalue weighted by atomic mass is 16.6. The van der Waals surface area contributed by atoms with Crippen molar-refractivity contribution < 1.29 is 19.7 Å². The van der Waals surface area contributed by atoms with Gasteiger partial charge in [0.05, 0.1) is 6.61 Å². The molecule has 0 bridgehead atoms. The lowest BCUT2D eigenvalue weighted by Gasteiger charge is -2.25. The smallest absolute Gasteiger partial charge is 0.302 e. The van der Waals surface area contributed by atoms with E-state index in [-0.39, 0.29) is 6.01 Å². The lowest BCUT2D eigenvalue weighted by atomic mass is 10.1. The lowest BCUT2D eigenvalue weighted by Crippen LogP contribution is -2.54. The summed E-state index contributed by atoms with van der Waals surface area (Å²) in [5.74, 6) is 0. The van der Waals surface area contributed by atoms with Crippen molar-refractivity contribution in [1.29, 1.82) is 0 Å². The van der Waals surface area contributed by atoms with Crippen molar-refractivity contribution >= 4 is 0 Å². The first-order valence-electron chi connectivity index (χ1n) is 5.07. The molecular weight excluding hydrogens is 230 g/mol. The Morgan fingerprint density at radius 2 is 2.41 bits per heavy atom. The normalized spacial score (nSPS) is 38.6. The third kappa shape index (κ3) is 1.32. The van der Waals surface area contributed by atoms with Gasteiger partial charge in [0.25, 0.3) is 5.56 Å². The quantitative estimate of drug-likeness (QED) is 0.498. The van der Waals surface area contributed by atoms with Gasteiger partial charge in [-0.2, -0.15) is 4.98 Å². The van der Waals surface area contributed by atoms with Crippen molar-refractivity contribution in [3.8, 4) is 6.01 Å². The van der Waals surface area contributed by atoms with Crippen LogP contribution in [-0.2, 0) is 4.74 Å². The molecule has 17 heavy (non-hydrogen) atoms. The molecule has 0 amide bonds. The SMILES string of the molecule is N[C@]1(CO)O[C@@H]2C(Oc3nc(=O)ccn32)[C@@H]1O. The zero-order valence-corrected chi connectivity index (χ0v) is 8.68. The predicted molar refractivity (Wildman–Crippen MR) is 53.0 cm³/mol. The molecule has 0 aliphatic carbocycles. The highest BCUT2D eigenvalue weighted by Crippen LogP contribution is 2.41. The van der Waals surface area contributed by atoms with Gasteiger partial charge in [0.15, 0.2) is 18.1 Å². The van der Waals surface area contributed by atoms with Crippen molar-refractivity contribution in [2.24, 2.45) is 5.73 Å². The van der Waals surface area contributed by atoms with Crippen LogP contribution in [0.5, 0.6) is 6.01 Å². The molecule has 1 aromatic heterocycles. The van der Waals surface area contributed by atoms with Gasteiger partial charge >= 0.3 is 6.01 Å². The molecule has 0 aromatic carbocycles. The maximum Gasteiger partial charge on any atom is 0.302 e. The van der Waals surface area contributed by atoms with E-state index in [2.05, 4.69) is 4.98 Å². The summed E-state index contributed by atoms with van der Waals surface area (Å²) in [6, 6.07) is 1.33. The van der Waals surface area contributed by atoms with Crippen LogP contribution >= 0.6 is 0 Å². The number of ether oxygens (including phenoxy) is 2. The minimum Gasteiger partial charge on any atom is -0.453 e. The molecular formula is C9H11N3O5. The van der Waals surface area contributed by atoms with E-state index in [0.717, 1.165) is 0 Å². The average Bonchev–Trinajstić information content (AvgIpc) is 2.76. The molecule has 1 saturated heterocycles. The first kappa shape index (κ1) is 10.7. The molecule has 8 nitrogen and oxygen atoms in total. The van der Waals surface area contributed by atoms with E-state index >= 15 is 0 Å². The van der Waals surface area contributed by atoms with Crippen LogP contribution in [0.4, 0.5) is 0 Å². The molecule has 8 heteroatoms. The Hall–Kier alpha value is -1.48. The van der Waals surface area contributed by atoms with Crippen molar-refractivity contribution in [3.05, 3.63) is 22.6 Å². The number of hydrogen-bond donors (Lipinski definition) is 3. The highest BCUT2D eigenvalue weighted by Gasteiger charge is 2.57. The first-order valence-corrected chi connectivity index (χ1v) is 5.07. The Bertz CT molecular complexity index is 518. The van der Waals surface area contributed by atoms with Crippen LogP contribution in [0.1, 0.15) is 6.23 Å². The van der Waals surface area contributed by atoms with Gasteiger partial charge in [0.1, 0.15) is 6.10 Å². The third-order valence-electron chi connectivity index (χ3n) is 3.00. The van der Waals surface area contributed by atoms with Crippen LogP contribution in [0.3, 0.4) is 0 Å². The summed E-state index contributed by atoms with van der Waals surface area (Å²) in [6.45, 7) is -0.534. The van der Waals surface area contributed by atoms with Crippen LogP contribution < -0.4 is 16.0 Å². The fraction of sp³-hybridized carbons (Fsp3) is 0.556. The molecule has 4 atom stereocenters. The molecule has 0 spiro atoms. The summed E-state index contributed by atoms with van der Waals surface area (Å²) in [4.78, 5) is 14.7. The van der Waals surface area contributed by atoms with Gasteiger partial charge < -0.3 is 19.7 Å². The van der Waals surface area contributed by atoms with Crippen molar-refractivity contribution in [2.45, 2.75) is 24.2 Å². The molecule has 0 radical (unpaired) electrons. The van der Waals surface area contributed by atoms with Crippen molar-refractivity contribution in [3.63, 3.8) is 0 Å². The van der Waals surface area contributed by atoms with Crippen molar-refractivity contribution in [1.82, 2.24) is 9.55 Å². The summed E-state index contributed by atoms with van der Waals surface area (Å²) in [5, 5.41) is 19.0. The monoisotopic (exact) mass is 241 g/mol. The Balaban J connectivity index is 2.02. The number of aliphatic hydroxyl groups is 2. The van der Waals surface area contributed by atoms with Crippen molar-refractivity contribution in [2.75, 3.05) is 6.61 Å². The zero-order valence-electron chi connectivity index (χ0n) is 8.68. The van der Waals surface area contributed by atoms with E-state index in [1.165, 1.54) is 16.8 Å². The third-order valence-corrected chi connectivity index (χ3v) is 3.00. The molecule has 2 aliphatic rings. The van der Waals surface area contributed by atoms with Crippen LogP contribution in [0.25, 0.3) is 0 Å². The highest BCUT2D eigenvalue weighted by molar-refractivity contribution is 5.12. The van der Waals surface area contributed by atoms with Crippen LogP contribution in [0.15, 0.2) is 17.1 Å². The van der Waals surface area contributed by atoms with E-state index in [9.17, 15) is 9.90 Å².